The molecule has 1 aliphatic rings. The van der Waals surface area contributed by atoms with E-state index in [2.05, 4.69) is 15.2 Å². The van der Waals surface area contributed by atoms with Crippen LogP contribution in [0.15, 0.2) is 41.2 Å². The molecule has 4 rings (SSSR count). The summed E-state index contributed by atoms with van der Waals surface area (Å²) >= 11 is 6.04. The number of aryl methyl sites for hydroxylation is 1. The minimum atomic E-state index is -0.309. The first kappa shape index (κ1) is 14.4. The summed E-state index contributed by atoms with van der Waals surface area (Å²) in [6.45, 7) is 0. The fourth-order valence-electron chi connectivity index (χ4n) is 2.73. The largest absolute Gasteiger partial charge is 0.337 e. The Labute approximate surface area is 137 Å². The zero-order valence-corrected chi connectivity index (χ0v) is 13.0. The maximum Gasteiger partial charge on any atom is 0.254 e. The van der Waals surface area contributed by atoms with Crippen LogP contribution in [-0.4, -0.2) is 19.9 Å². The molecule has 1 fully saturated rings. The van der Waals surface area contributed by atoms with Crippen LogP contribution in [0.5, 0.6) is 0 Å². The lowest BCUT2D eigenvalue weighted by molar-refractivity contribution is 0.311. The van der Waals surface area contributed by atoms with Crippen LogP contribution in [0.3, 0.4) is 0 Å². The van der Waals surface area contributed by atoms with E-state index >= 15 is 0 Å². The Bertz CT molecular complexity index is 806. The zero-order chi connectivity index (χ0) is 15.9. The summed E-state index contributed by atoms with van der Waals surface area (Å²) in [5, 5.41) is 8.71. The third-order valence-electron chi connectivity index (χ3n) is 4.19. The zero-order valence-electron chi connectivity index (χ0n) is 12.2. The molecule has 0 aliphatic heterocycles. The lowest BCUT2D eigenvalue weighted by Gasteiger charge is -2.09. The van der Waals surface area contributed by atoms with Gasteiger partial charge in [-0.05, 0) is 37.5 Å². The quantitative estimate of drug-likeness (QED) is 0.718. The lowest BCUT2D eigenvalue weighted by atomic mass is 10.1. The van der Waals surface area contributed by atoms with Crippen molar-refractivity contribution in [1.82, 2.24) is 19.9 Å². The van der Waals surface area contributed by atoms with E-state index in [0.29, 0.717) is 35.1 Å². The van der Waals surface area contributed by atoms with Crippen molar-refractivity contribution >= 4 is 11.6 Å². The molecule has 0 atom stereocenters. The summed E-state index contributed by atoms with van der Waals surface area (Å²) in [5.41, 5.74) is 0.179. The van der Waals surface area contributed by atoms with Crippen LogP contribution >= 0.6 is 11.6 Å². The van der Waals surface area contributed by atoms with Crippen molar-refractivity contribution in [3.05, 3.63) is 64.8 Å². The number of halogens is 2. The molecule has 0 radical (unpaired) electrons. The normalized spacial score (nSPS) is 15.7. The molecule has 0 spiro atoms. The number of rotatable bonds is 5. The van der Waals surface area contributed by atoms with Gasteiger partial charge in [-0.1, -0.05) is 22.8 Å². The fraction of sp³-hybridized carbons (Fsp3) is 0.312. The maximum absolute atomic E-state index is 13.8. The monoisotopic (exact) mass is 332 g/mol. The van der Waals surface area contributed by atoms with Gasteiger partial charge in [0.25, 0.3) is 5.89 Å². The average Bonchev–Trinajstić information content (AvgIpc) is 2.99. The van der Waals surface area contributed by atoms with Gasteiger partial charge in [0, 0.05) is 29.4 Å². The maximum atomic E-state index is 13.8. The van der Waals surface area contributed by atoms with Gasteiger partial charge in [-0.25, -0.2) is 4.39 Å². The molecule has 118 valence electrons. The highest BCUT2D eigenvalue weighted by molar-refractivity contribution is 6.31. The van der Waals surface area contributed by atoms with Crippen molar-refractivity contribution < 1.29 is 8.91 Å². The number of hydrogen-bond acceptors (Lipinski definition) is 4. The third kappa shape index (κ3) is 2.53. The molecular formula is C16H14ClFN4O. The molecule has 23 heavy (non-hydrogen) atoms. The molecule has 7 heteroatoms. The predicted molar refractivity (Wildman–Crippen MR) is 81.7 cm³/mol. The van der Waals surface area contributed by atoms with E-state index in [1.165, 1.54) is 6.07 Å². The number of nitrogens with zero attached hydrogens (tertiary/aromatic N) is 4. The molecule has 2 heterocycles. The van der Waals surface area contributed by atoms with Crippen molar-refractivity contribution in [2.24, 2.45) is 0 Å². The molecular weight excluding hydrogens is 319 g/mol. The first-order valence-corrected chi connectivity index (χ1v) is 7.83. The Morgan fingerprint density at radius 2 is 2.13 bits per heavy atom. The molecule has 0 N–H and O–H groups in total. The Hall–Kier alpha value is -2.21. The molecule has 0 bridgehead atoms. The van der Waals surface area contributed by atoms with Crippen LogP contribution < -0.4 is 0 Å². The van der Waals surface area contributed by atoms with Crippen molar-refractivity contribution in [3.63, 3.8) is 0 Å². The number of hydrogen-bond donors (Lipinski definition) is 0. The van der Waals surface area contributed by atoms with Crippen LogP contribution in [0.1, 0.15) is 30.1 Å². The summed E-state index contributed by atoms with van der Waals surface area (Å²) in [5.74, 6) is 0.810. The van der Waals surface area contributed by atoms with Gasteiger partial charge in [-0.3, -0.25) is 4.68 Å². The second-order valence-electron chi connectivity index (χ2n) is 5.70. The number of aromatic nitrogens is 4. The van der Waals surface area contributed by atoms with E-state index in [4.69, 9.17) is 16.1 Å². The summed E-state index contributed by atoms with van der Waals surface area (Å²) in [7, 11) is 0. The van der Waals surface area contributed by atoms with E-state index in [-0.39, 0.29) is 11.4 Å². The van der Waals surface area contributed by atoms with Gasteiger partial charge in [0.1, 0.15) is 11.4 Å². The van der Waals surface area contributed by atoms with Crippen LogP contribution in [0.25, 0.3) is 0 Å². The number of benzene rings is 1. The van der Waals surface area contributed by atoms with Crippen molar-refractivity contribution in [3.8, 4) is 0 Å². The Morgan fingerprint density at radius 1 is 1.26 bits per heavy atom. The Morgan fingerprint density at radius 3 is 2.83 bits per heavy atom. The van der Waals surface area contributed by atoms with Gasteiger partial charge >= 0.3 is 0 Å². The molecule has 0 amide bonds. The molecule has 0 unspecified atom stereocenters. The van der Waals surface area contributed by atoms with E-state index in [9.17, 15) is 4.39 Å². The Kier molecular flexibility index (Phi) is 3.41. The summed E-state index contributed by atoms with van der Waals surface area (Å²) in [6, 6.07) is 6.55. The van der Waals surface area contributed by atoms with Crippen LogP contribution in [0.4, 0.5) is 4.39 Å². The highest BCUT2D eigenvalue weighted by Gasteiger charge is 2.52. The van der Waals surface area contributed by atoms with Crippen LogP contribution in [0, 0.1) is 5.82 Å². The van der Waals surface area contributed by atoms with Gasteiger partial charge in [-0.2, -0.15) is 10.1 Å². The van der Waals surface area contributed by atoms with E-state index < -0.39 is 0 Å². The third-order valence-corrected chi connectivity index (χ3v) is 4.55. The fourth-order valence-corrected chi connectivity index (χ4v) is 2.99. The second kappa shape index (κ2) is 5.45. The van der Waals surface area contributed by atoms with E-state index in [1.54, 1.807) is 18.3 Å². The molecule has 3 aromatic rings. The molecule has 1 aromatic carbocycles. The SMILES string of the molecule is Fc1cccc(Cl)c1CCc1noc(C2(n3cccn3)CC2)n1. The molecule has 1 saturated carbocycles. The highest BCUT2D eigenvalue weighted by atomic mass is 35.5. The van der Waals surface area contributed by atoms with Crippen molar-refractivity contribution in [1.29, 1.82) is 0 Å². The van der Waals surface area contributed by atoms with Crippen molar-refractivity contribution in [2.75, 3.05) is 0 Å². The molecule has 0 saturated heterocycles. The van der Waals surface area contributed by atoms with E-state index in [1.807, 2.05) is 16.9 Å². The molecule has 5 nitrogen and oxygen atoms in total. The molecule has 2 aromatic heterocycles. The highest BCUT2D eigenvalue weighted by Crippen LogP contribution is 2.47. The standard InChI is InChI=1S/C16H14ClFN4O/c17-12-3-1-4-13(18)11(12)5-6-14-20-15(23-21-14)16(7-8-16)22-10-2-9-19-22/h1-4,9-10H,5-8H2. The smallest absolute Gasteiger partial charge is 0.254 e. The summed E-state index contributed by atoms with van der Waals surface area (Å²) in [6.07, 6.45) is 6.39. The van der Waals surface area contributed by atoms with Gasteiger partial charge in [0.2, 0.25) is 0 Å². The summed E-state index contributed by atoms with van der Waals surface area (Å²) < 4.78 is 21.1. The van der Waals surface area contributed by atoms with Gasteiger partial charge in [-0.15, -0.1) is 0 Å². The second-order valence-corrected chi connectivity index (χ2v) is 6.11. The Balaban J connectivity index is 1.51. The summed E-state index contributed by atoms with van der Waals surface area (Å²) in [4.78, 5) is 4.47. The predicted octanol–water partition coefficient (Wildman–Crippen LogP) is 3.38. The lowest BCUT2D eigenvalue weighted by Crippen LogP contribution is -2.19. The van der Waals surface area contributed by atoms with E-state index in [0.717, 1.165) is 12.8 Å². The average molecular weight is 333 g/mol. The van der Waals surface area contributed by atoms with Gasteiger partial charge in [0.15, 0.2) is 5.82 Å². The molecule has 1 aliphatic carbocycles. The first-order chi connectivity index (χ1) is 11.2. The van der Waals surface area contributed by atoms with Gasteiger partial charge in [0.05, 0.1) is 0 Å². The van der Waals surface area contributed by atoms with Crippen LogP contribution in [-0.2, 0) is 18.4 Å². The minimum Gasteiger partial charge on any atom is -0.337 e. The first-order valence-electron chi connectivity index (χ1n) is 7.45. The topological polar surface area (TPSA) is 56.7 Å². The van der Waals surface area contributed by atoms with Gasteiger partial charge < -0.3 is 4.52 Å². The minimum absolute atomic E-state index is 0.301. The van der Waals surface area contributed by atoms with Crippen molar-refractivity contribution in [2.45, 2.75) is 31.2 Å². The van der Waals surface area contributed by atoms with Crippen LogP contribution in [0.2, 0.25) is 5.02 Å².